The van der Waals surface area contributed by atoms with Crippen molar-refractivity contribution >= 4 is 7.60 Å². The molecule has 0 fully saturated rings. The lowest BCUT2D eigenvalue weighted by Gasteiger charge is -2.16. The molecule has 0 N–H and O–H groups in total. The second kappa shape index (κ2) is 4.50. The van der Waals surface area contributed by atoms with Crippen LogP contribution in [0.15, 0.2) is 0 Å². The average molecular weight is 177 g/mol. The molecule has 0 aromatic heterocycles. The summed E-state index contributed by atoms with van der Waals surface area (Å²) in [5, 5.41) is 8.45. The van der Waals surface area contributed by atoms with Crippen LogP contribution in [-0.2, 0) is 13.6 Å². The van der Waals surface area contributed by atoms with Crippen molar-refractivity contribution in [3.63, 3.8) is 0 Å². The van der Waals surface area contributed by atoms with Crippen molar-refractivity contribution in [2.45, 2.75) is 19.5 Å². The van der Waals surface area contributed by atoms with Crippen LogP contribution in [-0.4, -0.2) is 19.4 Å². The first-order valence-electron chi connectivity index (χ1n) is 3.30. The predicted octanol–water partition coefficient (Wildman–Crippen LogP) is 1.77. The molecule has 0 aromatic rings. The third-order valence-corrected chi connectivity index (χ3v) is 3.42. The molecule has 0 aromatic carbocycles. The van der Waals surface area contributed by atoms with Crippen molar-refractivity contribution in [2.24, 2.45) is 0 Å². The van der Waals surface area contributed by atoms with E-state index < -0.39 is 13.3 Å². The van der Waals surface area contributed by atoms with Crippen LogP contribution in [0.3, 0.4) is 0 Å². The molecule has 0 aliphatic carbocycles. The van der Waals surface area contributed by atoms with Crippen molar-refractivity contribution in [1.29, 1.82) is 5.26 Å². The zero-order valence-corrected chi connectivity index (χ0v) is 7.80. The van der Waals surface area contributed by atoms with Gasteiger partial charge in [0.25, 0.3) is 0 Å². The van der Waals surface area contributed by atoms with Gasteiger partial charge < -0.3 is 9.05 Å². The highest BCUT2D eigenvalue weighted by Gasteiger charge is 2.30. The van der Waals surface area contributed by atoms with E-state index in [9.17, 15) is 4.57 Å². The number of hydrogen-bond donors (Lipinski definition) is 0. The van der Waals surface area contributed by atoms with E-state index in [2.05, 4.69) is 4.52 Å². The highest BCUT2D eigenvalue weighted by molar-refractivity contribution is 7.54. The molecule has 0 saturated heterocycles. The molecule has 0 spiro atoms. The SMILES string of the molecule is CCOP(=O)(OC)C(C)C#N. The summed E-state index contributed by atoms with van der Waals surface area (Å²) < 4.78 is 20.9. The molecule has 11 heavy (non-hydrogen) atoms. The zero-order chi connectivity index (χ0) is 8.91. The fourth-order valence-corrected chi connectivity index (χ4v) is 1.72. The Morgan fingerprint density at radius 2 is 2.27 bits per heavy atom. The Morgan fingerprint density at radius 3 is 2.55 bits per heavy atom. The predicted molar refractivity (Wildman–Crippen MR) is 41.3 cm³/mol. The van der Waals surface area contributed by atoms with Crippen LogP contribution in [0.2, 0.25) is 0 Å². The minimum Gasteiger partial charge on any atom is -0.311 e. The standard InChI is InChI=1S/C6H12NO3P/c1-4-10-11(8,9-3)6(2)5-7/h6H,4H2,1-3H3. The maximum absolute atomic E-state index is 11.4. The van der Waals surface area contributed by atoms with Crippen molar-refractivity contribution in [3.8, 4) is 6.07 Å². The quantitative estimate of drug-likeness (QED) is 0.614. The van der Waals surface area contributed by atoms with Crippen molar-refractivity contribution in [1.82, 2.24) is 0 Å². The van der Waals surface area contributed by atoms with Gasteiger partial charge in [-0.25, -0.2) is 0 Å². The number of nitriles is 1. The summed E-state index contributed by atoms with van der Waals surface area (Å²) in [5.74, 6) is 0. The van der Waals surface area contributed by atoms with E-state index in [0.29, 0.717) is 0 Å². The summed E-state index contributed by atoms with van der Waals surface area (Å²) in [6.45, 7) is 3.51. The van der Waals surface area contributed by atoms with Crippen LogP contribution < -0.4 is 0 Å². The third kappa shape index (κ3) is 2.63. The van der Waals surface area contributed by atoms with Crippen LogP contribution in [0.4, 0.5) is 0 Å². The zero-order valence-electron chi connectivity index (χ0n) is 6.90. The molecular weight excluding hydrogens is 165 g/mol. The fourth-order valence-electron chi connectivity index (χ4n) is 0.573. The van der Waals surface area contributed by atoms with Crippen molar-refractivity contribution in [2.75, 3.05) is 13.7 Å². The maximum atomic E-state index is 11.4. The van der Waals surface area contributed by atoms with Gasteiger partial charge in [-0.05, 0) is 13.8 Å². The van der Waals surface area contributed by atoms with Crippen molar-refractivity contribution < 1.29 is 13.6 Å². The molecule has 2 atom stereocenters. The Labute approximate surface area is 66.6 Å². The fraction of sp³-hybridized carbons (Fsp3) is 0.833. The Balaban J connectivity index is 4.36. The Kier molecular flexibility index (Phi) is 4.36. The van der Waals surface area contributed by atoms with Crippen LogP contribution in [0.1, 0.15) is 13.8 Å². The monoisotopic (exact) mass is 177 g/mol. The van der Waals surface area contributed by atoms with Gasteiger partial charge in [0.05, 0.1) is 12.7 Å². The lowest BCUT2D eigenvalue weighted by Crippen LogP contribution is -2.05. The van der Waals surface area contributed by atoms with Gasteiger partial charge in [-0.3, -0.25) is 4.57 Å². The Hall–Kier alpha value is -0.360. The molecule has 0 radical (unpaired) electrons. The smallest absolute Gasteiger partial charge is 0.311 e. The van der Waals surface area contributed by atoms with E-state index in [1.807, 2.05) is 6.07 Å². The summed E-state index contributed by atoms with van der Waals surface area (Å²) in [7, 11) is -1.87. The van der Waals surface area contributed by atoms with Gasteiger partial charge in [-0.2, -0.15) is 5.26 Å². The summed E-state index contributed by atoms with van der Waals surface area (Å²) >= 11 is 0. The van der Waals surface area contributed by atoms with E-state index in [1.165, 1.54) is 14.0 Å². The van der Waals surface area contributed by atoms with Gasteiger partial charge in [0.2, 0.25) is 0 Å². The highest BCUT2D eigenvalue weighted by Crippen LogP contribution is 2.51. The van der Waals surface area contributed by atoms with E-state index in [0.717, 1.165) is 0 Å². The Morgan fingerprint density at radius 1 is 1.73 bits per heavy atom. The van der Waals surface area contributed by atoms with Gasteiger partial charge in [0.1, 0.15) is 5.66 Å². The second-order valence-electron chi connectivity index (χ2n) is 1.95. The molecule has 0 aliphatic rings. The van der Waals surface area contributed by atoms with Gasteiger partial charge in [-0.1, -0.05) is 0 Å². The number of nitrogens with zero attached hydrogens (tertiary/aromatic N) is 1. The molecule has 2 unspecified atom stereocenters. The molecule has 0 rings (SSSR count). The van der Waals surface area contributed by atoms with Crippen LogP contribution in [0.5, 0.6) is 0 Å². The number of hydrogen-bond acceptors (Lipinski definition) is 4. The molecule has 5 heteroatoms. The normalized spacial score (nSPS) is 18.4. The molecule has 0 amide bonds. The minimum atomic E-state index is -3.15. The van der Waals surface area contributed by atoms with Gasteiger partial charge in [0.15, 0.2) is 0 Å². The second-order valence-corrected chi connectivity index (χ2v) is 4.42. The topological polar surface area (TPSA) is 59.3 Å². The Bertz CT molecular complexity index is 198. The highest BCUT2D eigenvalue weighted by atomic mass is 31.2. The van der Waals surface area contributed by atoms with Crippen LogP contribution in [0, 0.1) is 11.3 Å². The molecule has 0 aliphatic heterocycles. The van der Waals surface area contributed by atoms with Crippen molar-refractivity contribution in [3.05, 3.63) is 0 Å². The summed E-state index contributed by atoms with van der Waals surface area (Å²) in [6, 6.07) is 1.83. The largest absolute Gasteiger partial charge is 0.347 e. The molecule has 0 bridgehead atoms. The van der Waals surface area contributed by atoms with E-state index in [1.54, 1.807) is 6.92 Å². The van der Waals surface area contributed by atoms with E-state index >= 15 is 0 Å². The van der Waals surface area contributed by atoms with E-state index in [4.69, 9.17) is 9.79 Å². The summed E-state index contributed by atoms with van der Waals surface area (Å²) in [6.07, 6.45) is 0. The van der Waals surface area contributed by atoms with Gasteiger partial charge in [0, 0.05) is 7.11 Å². The molecular formula is C6H12NO3P. The average Bonchev–Trinajstić information content (AvgIpc) is 2.03. The maximum Gasteiger partial charge on any atom is 0.347 e. The molecule has 64 valence electrons. The van der Waals surface area contributed by atoms with E-state index in [-0.39, 0.29) is 6.61 Å². The molecule has 4 nitrogen and oxygen atoms in total. The number of rotatable bonds is 4. The molecule has 0 saturated carbocycles. The lowest BCUT2D eigenvalue weighted by atomic mass is 10.5. The lowest BCUT2D eigenvalue weighted by molar-refractivity contribution is 0.241. The van der Waals surface area contributed by atoms with Crippen LogP contribution >= 0.6 is 7.60 Å². The van der Waals surface area contributed by atoms with Crippen LogP contribution in [0.25, 0.3) is 0 Å². The summed E-state index contributed by atoms with van der Waals surface area (Å²) in [5.41, 5.74) is -0.701. The minimum absolute atomic E-state index is 0.289. The first-order chi connectivity index (χ1) is 5.10. The van der Waals surface area contributed by atoms with Gasteiger partial charge >= 0.3 is 7.60 Å². The first-order valence-corrected chi connectivity index (χ1v) is 4.91. The third-order valence-electron chi connectivity index (χ3n) is 1.22. The molecule has 0 heterocycles. The first kappa shape index (κ1) is 10.6. The van der Waals surface area contributed by atoms with Gasteiger partial charge in [-0.15, -0.1) is 0 Å². The summed E-state index contributed by atoms with van der Waals surface area (Å²) in [4.78, 5) is 0.